The lowest BCUT2D eigenvalue weighted by atomic mass is 10.0. The maximum absolute atomic E-state index is 13.4. The van der Waals surface area contributed by atoms with Crippen LogP contribution in [0.5, 0.6) is 17.2 Å². The van der Waals surface area contributed by atoms with E-state index in [1.165, 1.54) is 39.6 Å². The van der Waals surface area contributed by atoms with Crippen LogP contribution in [-0.2, 0) is 85.6 Å². The Balaban J connectivity index is 0.000000239. The summed E-state index contributed by atoms with van der Waals surface area (Å²) in [6, 6.07) is 66.8. The molecule has 0 aliphatic carbocycles. The van der Waals surface area contributed by atoms with Crippen LogP contribution in [0.2, 0.25) is 0 Å². The monoisotopic (exact) mass is 1940 g/mol. The SMILES string of the molecule is COC(=O)c1ccc(CBr)c(Br)c1.COC(=O)c1ccc(CN[C@H](CO)Cc2ccccc2)c(Br)c1.COC(=O)c1ccc2c(c1)OC[C@H](Cc1ccccc1)N(C(=O)N1CCOCC1)C2.COC(=O)c1ccc2c(c1)OC[C@H](Cc1ccccc1)NC2.O=C(NO)c1ccc2c(c1)OC[C@H](Cc1ccccc1)N(C(=O)N1CCOCC1)C2.S.S.S.S. The van der Waals surface area contributed by atoms with Crippen molar-refractivity contribution in [2.75, 3.05) is 107 Å². The number of hydrogen-bond acceptors (Lipinski definition) is 20. The fourth-order valence-electron chi connectivity index (χ4n) is 13.5. The molecular formula is C90H106Br3N7O18S4. The van der Waals surface area contributed by atoms with Crippen molar-refractivity contribution in [1.82, 2.24) is 35.7 Å². The average molecular weight is 1940 g/mol. The first-order valence-electron chi connectivity index (χ1n) is 38.6. The van der Waals surface area contributed by atoms with Crippen molar-refractivity contribution in [3.63, 3.8) is 0 Å². The smallest absolute Gasteiger partial charge is 0.337 e. The molecule has 0 bridgehead atoms. The number of halogens is 3. The van der Waals surface area contributed by atoms with Crippen LogP contribution in [0, 0.1) is 0 Å². The highest BCUT2D eigenvalue weighted by Gasteiger charge is 2.35. The number of rotatable bonds is 18. The molecule has 5 aliphatic heterocycles. The molecule has 0 spiro atoms. The van der Waals surface area contributed by atoms with E-state index >= 15 is 0 Å². The van der Waals surface area contributed by atoms with E-state index < -0.39 is 11.9 Å². The Hall–Kier alpha value is -9.13. The largest absolute Gasteiger partial charge is 0.492 e. The first-order valence-corrected chi connectivity index (χ1v) is 41.3. The highest BCUT2D eigenvalue weighted by atomic mass is 79.9. The maximum Gasteiger partial charge on any atom is 0.337 e. The van der Waals surface area contributed by atoms with Crippen LogP contribution in [0.3, 0.4) is 0 Å². The van der Waals surface area contributed by atoms with Gasteiger partial charge < -0.3 is 78.0 Å². The number of carbonyl (C=O) groups excluding carboxylic acids is 7. The summed E-state index contributed by atoms with van der Waals surface area (Å²) in [6.07, 6.45) is 3.03. The molecular weight excluding hydrogens is 1840 g/mol. The third-order valence-electron chi connectivity index (χ3n) is 20.1. The van der Waals surface area contributed by atoms with Crippen LogP contribution in [-0.4, -0.2) is 203 Å². The van der Waals surface area contributed by atoms with Crippen molar-refractivity contribution in [2.24, 2.45) is 0 Å². The number of benzene rings is 9. The summed E-state index contributed by atoms with van der Waals surface area (Å²) in [5, 5.41) is 26.1. The number of alkyl halides is 1. The molecule has 32 heteroatoms. The molecule has 0 saturated carbocycles. The van der Waals surface area contributed by atoms with E-state index in [4.69, 9.17) is 43.1 Å². The number of esters is 4. The molecule has 5 aliphatic rings. The van der Waals surface area contributed by atoms with Gasteiger partial charge >= 0.3 is 35.9 Å². The summed E-state index contributed by atoms with van der Waals surface area (Å²) in [5.74, 6) is -0.111. The van der Waals surface area contributed by atoms with Crippen LogP contribution in [0.1, 0.15) is 102 Å². The Labute approximate surface area is 765 Å². The van der Waals surface area contributed by atoms with Crippen LogP contribution in [0.25, 0.3) is 0 Å². The third kappa shape index (κ3) is 30.1. The van der Waals surface area contributed by atoms with Crippen LogP contribution in [0.4, 0.5) is 9.59 Å². The second-order valence-electron chi connectivity index (χ2n) is 28.0. The highest BCUT2D eigenvalue weighted by Crippen LogP contribution is 2.33. The molecule has 9 aromatic rings. The summed E-state index contributed by atoms with van der Waals surface area (Å²) >= 11 is 10.2. The van der Waals surface area contributed by atoms with Gasteiger partial charge in [0.1, 0.15) is 37.1 Å². The van der Waals surface area contributed by atoms with Crippen LogP contribution in [0.15, 0.2) is 221 Å². The average Bonchev–Trinajstić information content (AvgIpc) is 1.64. The van der Waals surface area contributed by atoms with Gasteiger partial charge in [-0.3, -0.25) is 10.0 Å². The third-order valence-corrected chi connectivity index (χ3v) is 22.2. The Morgan fingerprint density at radius 1 is 0.459 bits per heavy atom. The van der Waals surface area contributed by atoms with Crippen molar-refractivity contribution in [3.8, 4) is 17.2 Å². The Morgan fingerprint density at radius 3 is 1.22 bits per heavy atom. The molecule has 654 valence electrons. The van der Waals surface area contributed by atoms with E-state index in [9.17, 15) is 38.7 Å². The lowest BCUT2D eigenvalue weighted by Crippen LogP contribution is -2.52. The summed E-state index contributed by atoms with van der Waals surface area (Å²) in [6.45, 7) is 7.91. The van der Waals surface area contributed by atoms with Gasteiger partial charge in [0.05, 0.1) is 109 Å². The highest BCUT2D eigenvalue weighted by molar-refractivity contribution is 9.11. The van der Waals surface area contributed by atoms with E-state index in [0.29, 0.717) is 144 Å². The summed E-state index contributed by atoms with van der Waals surface area (Å²) in [5.41, 5.74) is 13.5. The van der Waals surface area contributed by atoms with Crippen molar-refractivity contribution < 1.29 is 86.5 Å². The molecule has 14 rings (SSSR count). The zero-order chi connectivity index (χ0) is 83.7. The number of amides is 5. The number of aliphatic hydroxyl groups excluding tert-OH is 1. The van der Waals surface area contributed by atoms with E-state index in [-0.39, 0.29) is 115 Å². The Morgan fingerprint density at radius 2 is 0.820 bits per heavy atom. The molecule has 0 unspecified atom stereocenters. The molecule has 0 radical (unpaired) electrons. The molecule has 2 saturated heterocycles. The maximum atomic E-state index is 13.4. The fraction of sp³-hybridized carbons (Fsp3) is 0.322. The number of methoxy groups -OCH3 is 4. The topological polar surface area (TPSA) is 292 Å². The second-order valence-corrected chi connectivity index (χ2v) is 30.2. The number of nitrogens with zero attached hydrogens (tertiary/aromatic N) is 4. The normalized spacial score (nSPS) is 15.6. The standard InChI is InChI=1S/C23H26N2O5.C22H25N3O5.C18H20BrNO3.C18H19NO3.C9H8Br2O2.4H2S/c1-28-22(26)18-7-8-19-15-25(23(27)24-9-11-29-12-10-24)20(16-30-21(19)14-18)13-17-5-3-2-4-6-17;26-21(23-28)17-6-7-18-14-25(22(27)24-8-10-29-11-9-24)19(15-30-20(18)13-17)12-16-4-2-1-3-5-16;1-23-18(22)14-7-8-15(17(19)10-14)11-20-16(12-21)9-13-5-3-2-4-6-13;1-21-18(20)14-7-8-15-11-19-16(12-22-17(15)10-14)9-13-5-3-2-4-6-13;1-13-9(12)6-2-3-7(5-10)8(11)4-6;;;;/h2-8,14,20H,9-13,15-16H2,1H3;1-7,13,19,28H,8-12,14-15H2,(H,23,26);2-8,10,16,20-21H,9,11-12H2,1H3;2-8,10,16,19H,9,11-12H2,1H3;2-4H,5H2,1H3;4*1H2/t20-;19-;2*16-;;;;;/m0000...../s1. The number of fused-ring (bicyclic) bond motifs is 3. The molecule has 4 atom stereocenters. The lowest BCUT2D eigenvalue weighted by molar-refractivity contribution is 0.0363. The quantitative estimate of drug-likeness (QED) is 0.0175. The molecule has 0 aromatic heterocycles. The van der Waals surface area contributed by atoms with E-state index in [2.05, 4.69) is 87.4 Å². The summed E-state index contributed by atoms with van der Waals surface area (Å²) in [7, 11) is 5.47. The number of aliphatic hydroxyl groups is 1. The van der Waals surface area contributed by atoms with E-state index in [1.54, 1.807) is 72.2 Å². The first-order chi connectivity index (χ1) is 57.4. The minimum Gasteiger partial charge on any atom is -0.492 e. The zero-order valence-electron chi connectivity index (χ0n) is 68.2. The first kappa shape index (κ1) is 102. The second kappa shape index (κ2) is 53.1. The predicted octanol–water partition coefficient (Wildman–Crippen LogP) is 13.9. The van der Waals surface area contributed by atoms with E-state index in [0.717, 1.165) is 78.4 Å². The van der Waals surface area contributed by atoms with Crippen molar-refractivity contribution >= 4 is 144 Å². The molecule has 5 amide bonds. The van der Waals surface area contributed by atoms with Gasteiger partial charge in [0.2, 0.25) is 0 Å². The number of urea groups is 2. The number of morpholine rings is 2. The fourth-order valence-corrected chi connectivity index (χ4v) is 15.4. The number of ether oxygens (including phenoxy) is 9. The van der Waals surface area contributed by atoms with Gasteiger partial charge in [-0.15, -0.1) is 0 Å². The zero-order valence-corrected chi connectivity index (χ0v) is 77.0. The number of hydroxylamine groups is 1. The number of hydrogen-bond donors (Lipinski definition) is 5. The molecule has 9 aromatic carbocycles. The molecule has 5 heterocycles. The van der Waals surface area contributed by atoms with Gasteiger partial charge in [-0.25, -0.2) is 34.2 Å². The molecule has 25 nitrogen and oxygen atoms in total. The number of nitrogens with one attached hydrogen (secondary N) is 3. The van der Waals surface area contributed by atoms with Crippen LogP contribution < -0.4 is 30.3 Å². The molecule has 2 fully saturated rings. The van der Waals surface area contributed by atoms with Gasteiger partial charge in [-0.1, -0.05) is 199 Å². The van der Waals surface area contributed by atoms with Crippen molar-refractivity contribution in [1.29, 1.82) is 0 Å². The predicted molar refractivity (Wildman–Crippen MR) is 496 cm³/mol. The molecule has 5 N–H and O–H groups in total. The van der Waals surface area contributed by atoms with Gasteiger partial charge in [-0.05, 0) is 120 Å². The molecule has 122 heavy (non-hydrogen) atoms. The van der Waals surface area contributed by atoms with Gasteiger partial charge in [0.25, 0.3) is 5.91 Å². The van der Waals surface area contributed by atoms with Gasteiger partial charge in [0.15, 0.2) is 0 Å². The van der Waals surface area contributed by atoms with Crippen molar-refractivity contribution in [3.05, 3.63) is 299 Å². The summed E-state index contributed by atoms with van der Waals surface area (Å²) in [4.78, 5) is 92.1. The van der Waals surface area contributed by atoms with Gasteiger partial charge in [0, 0.05) is 87.9 Å². The van der Waals surface area contributed by atoms with Gasteiger partial charge in [-0.2, -0.15) is 54.0 Å². The Bertz CT molecular complexity index is 4650. The summed E-state index contributed by atoms with van der Waals surface area (Å²) < 4.78 is 49.4. The Kier molecular flexibility index (Phi) is 44.3. The lowest BCUT2D eigenvalue weighted by Gasteiger charge is -2.36. The van der Waals surface area contributed by atoms with Crippen LogP contribution >= 0.6 is 102 Å². The minimum absolute atomic E-state index is 0. The number of carbonyl (C=O) groups is 7. The van der Waals surface area contributed by atoms with E-state index in [1.807, 2.05) is 141 Å². The van der Waals surface area contributed by atoms with Crippen molar-refractivity contribution in [2.45, 2.75) is 81.4 Å². The minimum atomic E-state index is -0.604.